The lowest BCUT2D eigenvalue weighted by molar-refractivity contribution is -0.139. The number of carboxylic acids is 1. The summed E-state index contributed by atoms with van der Waals surface area (Å²) < 4.78 is 5.28. The van der Waals surface area contributed by atoms with Gasteiger partial charge in [0.2, 0.25) is 0 Å². The smallest absolute Gasteiger partial charge is 0.326 e. The summed E-state index contributed by atoms with van der Waals surface area (Å²) in [6, 6.07) is 5.88. The molecule has 1 saturated carbocycles. The number of nitrogens with one attached hydrogen (secondary N) is 1. The van der Waals surface area contributed by atoms with Crippen molar-refractivity contribution in [3.8, 4) is 5.75 Å². The van der Waals surface area contributed by atoms with Gasteiger partial charge in [0, 0.05) is 5.56 Å². The van der Waals surface area contributed by atoms with Gasteiger partial charge < -0.3 is 15.2 Å². The Morgan fingerprint density at radius 2 is 2.00 bits per heavy atom. The van der Waals surface area contributed by atoms with Crippen LogP contribution in [0.2, 0.25) is 0 Å². The Kier molecular flexibility index (Phi) is 4.04. The van der Waals surface area contributed by atoms with Gasteiger partial charge in [0.15, 0.2) is 0 Å². The van der Waals surface area contributed by atoms with Gasteiger partial charge in [-0.05, 0) is 49.9 Å². The topological polar surface area (TPSA) is 75.6 Å². The minimum Gasteiger partial charge on any atom is -0.494 e. The molecule has 2 N–H and O–H groups in total. The number of benzene rings is 1. The number of carboxylic acid groups (broad SMARTS) is 1. The standard InChI is InChI=1S/C14H17NO4/c1-2-19-11-7-5-10(6-8-11)13(16)15-12(14(17)18)9-3-4-9/h5-9,12H,2-4H2,1H3,(H,15,16)(H,17,18). The molecule has 0 aliphatic heterocycles. The molecule has 0 heterocycles. The number of rotatable bonds is 6. The normalized spacial score (nSPS) is 15.6. The van der Waals surface area contributed by atoms with Gasteiger partial charge >= 0.3 is 5.97 Å². The Morgan fingerprint density at radius 1 is 1.37 bits per heavy atom. The monoisotopic (exact) mass is 263 g/mol. The zero-order chi connectivity index (χ0) is 13.8. The molecule has 19 heavy (non-hydrogen) atoms. The molecule has 0 aromatic heterocycles. The van der Waals surface area contributed by atoms with Crippen LogP contribution in [-0.2, 0) is 4.79 Å². The SMILES string of the molecule is CCOc1ccc(C(=O)NC(C(=O)O)C2CC2)cc1. The molecule has 1 amide bonds. The number of ether oxygens (including phenoxy) is 1. The fourth-order valence-electron chi connectivity index (χ4n) is 1.90. The summed E-state index contributed by atoms with van der Waals surface area (Å²) in [7, 11) is 0. The van der Waals surface area contributed by atoms with Gasteiger partial charge in [-0.1, -0.05) is 0 Å². The third-order valence-electron chi connectivity index (χ3n) is 3.07. The first-order valence-corrected chi connectivity index (χ1v) is 6.38. The molecule has 2 rings (SSSR count). The van der Waals surface area contributed by atoms with Crippen molar-refractivity contribution in [2.75, 3.05) is 6.61 Å². The van der Waals surface area contributed by atoms with E-state index < -0.39 is 12.0 Å². The highest BCUT2D eigenvalue weighted by atomic mass is 16.5. The Labute approximate surface area is 111 Å². The van der Waals surface area contributed by atoms with Gasteiger partial charge in [-0.2, -0.15) is 0 Å². The number of aliphatic carboxylic acids is 1. The van der Waals surface area contributed by atoms with Crippen LogP contribution in [0.5, 0.6) is 5.75 Å². The summed E-state index contributed by atoms with van der Waals surface area (Å²) in [5.41, 5.74) is 0.440. The summed E-state index contributed by atoms with van der Waals surface area (Å²) in [6.07, 6.45) is 1.72. The first kappa shape index (κ1) is 13.4. The maximum Gasteiger partial charge on any atom is 0.326 e. The van der Waals surface area contributed by atoms with E-state index >= 15 is 0 Å². The van der Waals surface area contributed by atoms with Crippen LogP contribution in [0.1, 0.15) is 30.1 Å². The second-order valence-corrected chi connectivity index (χ2v) is 4.58. The summed E-state index contributed by atoms with van der Waals surface area (Å²) in [5, 5.41) is 11.6. The fraction of sp³-hybridized carbons (Fsp3) is 0.429. The van der Waals surface area contributed by atoms with Crippen LogP contribution in [0.25, 0.3) is 0 Å². The fourth-order valence-corrected chi connectivity index (χ4v) is 1.90. The first-order chi connectivity index (χ1) is 9.11. The van der Waals surface area contributed by atoms with Gasteiger partial charge in [-0.3, -0.25) is 4.79 Å². The minimum absolute atomic E-state index is 0.0733. The van der Waals surface area contributed by atoms with Gasteiger partial charge in [-0.15, -0.1) is 0 Å². The largest absolute Gasteiger partial charge is 0.494 e. The maximum absolute atomic E-state index is 11.9. The number of carbonyl (C=O) groups excluding carboxylic acids is 1. The average Bonchev–Trinajstić information content (AvgIpc) is 3.21. The van der Waals surface area contributed by atoms with Crippen LogP contribution in [0.4, 0.5) is 0 Å². The number of hydrogen-bond acceptors (Lipinski definition) is 3. The van der Waals surface area contributed by atoms with Gasteiger partial charge in [0.25, 0.3) is 5.91 Å². The van der Waals surface area contributed by atoms with E-state index in [1.807, 2.05) is 6.92 Å². The molecule has 1 atom stereocenters. The minimum atomic E-state index is -0.971. The summed E-state index contributed by atoms with van der Waals surface area (Å²) >= 11 is 0. The lowest BCUT2D eigenvalue weighted by Gasteiger charge is -2.13. The number of amides is 1. The van der Waals surface area contributed by atoms with Crippen molar-refractivity contribution in [2.24, 2.45) is 5.92 Å². The lowest BCUT2D eigenvalue weighted by atomic mass is 10.1. The molecule has 0 spiro atoms. The van der Waals surface area contributed by atoms with Crippen molar-refractivity contribution in [3.05, 3.63) is 29.8 Å². The molecule has 1 aromatic carbocycles. The van der Waals surface area contributed by atoms with Crippen LogP contribution >= 0.6 is 0 Å². The second-order valence-electron chi connectivity index (χ2n) is 4.58. The Balaban J connectivity index is 2.00. The predicted octanol–water partition coefficient (Wildman–Crippen LogP) is 1.68. The average molecular weight is 263 g/mol. The second kappa shape index (κ2) is 5.73. The lowest BCUT2D eigenvalue weighted by Crippen LogP contribution is -2.42. The quantitative estimate of drug-likeness (QED) is 0.818. The molecular formula is C14H17NO4. The van der Waals surface area contributed by atoms with Crippen molar-refractivity contribution < 1.29 is 19.4 Å². The highest BCUT2D eigenvalue weighted by molar-refractivity contribution is 5.96. The highest BCUT2D eigenvalue weighted by Gasteiger charge is 2.37. The molecule has 0 bridgehead atoms. The summed E-state index contributed by atoms with van der Waals surface area (Å²) in [4.78, 5) is 23.0. The zero-order valence-corrected chi connectivity index (χ0v) is 10.8. The van der Waals surface area contributed by atoms with E-state index in [-0.39, 0.29) is 11.8 Å². The zero-order valence-electron chi connectivity index (χ0n) is 10.8. The van der Waals surface area contributed by atoms with Crippen LogP contribution in [0.3, 0.4) is 0 Å². The van der Waals surface area contributed by atoms with Crippen molar-refractivity contribution >= 4 is 11.9 Å². The molecule has 1 aromatic rings. The molecule has 102 valence electrons. The molecule has 5 nitrogen and oxygen atoms in total. The maximum atomic E-state index is 11.9. The third kappa shape index (κ3) is 3.47. The van der Waals surface area contributed by atoms with E-state index in [9.17, 15) is 9.59 Å². The van der Waals surface area contributed by atoms with Crippen molar-refractivity contribution in [1.29, 1.82) is 0 Å². The molecular weight excluding hydrogens is 246 g/mol. The van der Waals surface area contributed by atoms with Crippen molar-refractivity contribution in [3.63, 3.8) is 0 Å². The van der Waals surface area contributed by atoms with Crippen LogP contribution in [0.15, 0.2) is 24.3 Å². The van der Waals surface area contributed by atoms with E-state index in [1.54, 1.807) is 24.3 Å². The van der Waals surface area contributed by atoms with Gasteiger partial charge in [0.05, 0.1) is 6.61 Å². The molecule has 1 unspecified atom stereocenters. The van der Waals surface area contributed by atoms with E-state index in [0.717, 1.165) is 12.8 Å². The van der Waals surface area contributed by atoms with Gasteiger partial charge in [0.1, 0.15) is 11.8 Å². The molecule has 5 heteroatoms. The van der Waals surface area contributed by atoms with E-state index in [0.29, 0.717) is 17.9 Å². The molecule has 1 aliphatic rings. The third-order valence-corrected chi connectivity index (χ3v) is 3.07. The number of hydrogen-bond donors (Lipinski definition) is 2. The van der Waals surface area contributed by atoms with Crippen molar-refractivity contribution in [1.82, 2.24) is 5.32 Å². The predicted molar refractivity (Wildman–Crippen MR) is 69.2 cm³/mol. The Morgan fingerprint density at radius 3 is 2.47 bits per heavy atom. The van der Waals surface area contributed by atoms with Crippen LogP contribution < -0.4 is 10.1 Å². The molecule has 0 radical (unpaired) electrons. The molecule has 1 fully saturated rings. The van der Waals surface area contributed by atoms with E-state index in [2.05, 4.69) is 5.32 Å². The molecule has 0 saturated heterocycles. The van der Waals surface area contributed by atoms with E-state index in [1.165, 1.54) is 0 Å². The highest BCUT2D eigenvalue weighted by Crippen LogP contribution is 2.32. The Bertz CT molecular complexity index is 465. The van der Waals surface area contributed by atoms with Crippen LogP contribution in [0, 0.1) is 5.92 Å². The summed E-state index contributed by atoms with van der Waals surface area (Å²) in [5.74, 6) is -0.565. The first-order valence-electron chi connectivity index (χ1n) is 6.38. The van der Waals surface area contributed by atoms with E-state index in [4.69, 9.17) is 9.84 Å². The van der Waals surface area contributed by atoms with Crippen molar-refractivity contribution in [2.45, 2.75) is 25.8 Å². The number of carbonyl (C=O) groups is 2. The van der Waals surface area contributed by atoms with Gasteiger partial charge in [-0.25, -0.2) is 4.79 Å². The van der Waals surface area contributed by atoms with Crippen LogP contribution in [-0.4, -0.2) is 29.6 Å². The molecule has 1 aliphatic carbocycles. The summed E-state index contributed by atoms with van der Waals surface area (Å²) in [6.45, 7) is 2.45. The Hall–Kier alpha value is -2.04.